The lowest BCUT2D eigenvalue weighted by molar-refractivity contribution is 0.169. The van der Waals surface area contributed by atoms with Gasteiger partial charge in [-0.25, -0.2) is 4.79 Å². The summed E-state index contributed by atoms with van der Waals surface area (Å²) in [5, 5.41) is 3.63. The lowest BCUT2D eigenvalue weighted by atomic mass is 10.3. The van der Waals surface area contributed by atoms with Gasteiger partial charge in [-0.15, -0.1) is 0 Å². The minimum atomic E-state index is -0.502. The first-order valence-electron chi connectivity index (χ1n) is 3.98. The van der Waals surface area contributed by atoms with E-state index in [0.717, 1.165) is 0 Å². The van der Waals surface area contributed by atoms with E-state index in [1.165, 1.54) is 0 Å². The molecule has 0 bridgehead atoms. The molecule has 0 unspecified atom stereocenters. The number of halogens is 2. The van der Waals surface area contributed by atoms with E-state index in [4.69, 9.17) is 16.3 Å². The molecule has 1 amide bonds. The Morgan fingerprint density at radius 1 is 1.50 bits per heavy atom. The Bertz CT molecular complexity index is 319. The van der Waals surface area contributed by atoms with Gasteiger partial charge in [-0.1, -0.05) is 39.7 Å². The smallest absolute Gasteiger partial charge is 0.411 e. The van der Waals surface area contributed by atoms with Gasteiger partial charge in [-0.2, -0.15) is 0 Å². The maximum atomic E-state index is 11.1. The SMILES string of the molecule is O=C(Nc1ccccc1Cl)OCCBr. The molecule has 1 aromatic carbocycles. The Balaban J connectivity index is 2.52. The van der Waals surface area contributed by atoms with Crippen molar-refractivity contribution >= 4 is 39.3 Å². The van der Waals surface area contributed by atoms with E-state index in [-0.39, 0.29) is 0 Å². The molecule has 5 heteroatoms. The van der Waals surface area contributed by atoms with Crippen molar-refractivity contribution in [2.24, 2.45) is 0 Å². The first-order valence-corrected chi connectivity index (χ1v) is 5.48. The van der Waals surface area contributed by atoms with E-state index in [1.807, 2.05) is 0 Å². The van der Waals surface area contributed by atoms with E-state index >= 15 is 0 Å². The summed E-state index contributed by atoms with van der Waals surface area (Å²) in [4.78, 5) is 11.1. The van der Waals surface area contributed by atoms with E-state index in [9.17, 15) is 4.79 Å². The van der Waals surface area contributed by atoms with Gasteiger partial charge in [0, 0.05) is 5.33 Å². The average Bonchev–Trinajstić information content (AvgIpc) is 2.18. The van der Waals surface area contributed by atoms with Crippen LogP contribution in [0.15, 0.2) is 24.3 Å². The summed E-state index contributed by atoms with van der Waals surface area (Å²) in [6, 6.07) is 6.97. The molecule has 76 valence electrons. The largest absolute Gasteiger partial charge is 0.448 e. The quantitative estimate of drug-likeness (QED) is 0.862. The Labute approximate surface area is 95.5 Å². The Hall–Kier alpha value is -0.740. The summed E-state index contributed by atoms with van der Waals surface area (Å²) >= 11 is 8.97. The zero-order valence-electron chi connectivity index (χ0n) is 7.30. The number of ether oxygens (including phenoxy) is 1. The molecule has 3 nitrogen and oxygen atoms in total. The van der Waals surface area contributed by atoms with E-state index < -0.39 is 6.09 Å². The lowest BCUT2D eigenvalue weighted by Gasteiger charge is -2.06. The molecule has 0 atom stereocenters. The fraction of sp³-hybridized carbons (Fsp3) is 0.222. The number of carbonyl (C=O) groups excluding carboxylic acids is 1. The second-order valence-corrected chi connectivity index (χ2v) is 3.63. The van der Waals surface area contributed by atoms with Crippen LogP contribution in [0.25, 0.3) is 0 Å². The number of nitrogens with one attached hydrogen (secondary N) is 1. The summed E-state index contributed by atoms with van der Waals surface area (Å²) < 4.78 is 4.79. The van der Waals surface area contributed by atoms with Crippen molar-refractivity contribution in [1.29, 1.82) is 0 Å². The van der Waals surface area contributed by atoms with Crippen LogP contribution >= 0.6 is 27.5 Å². The van der Waals surface area contributed by atoms with Crippen LogP contribution in [0, 0.1) is 0 Å². The van der Waals surface area contributed by atoms with Gasteiger partial charge in [-0.3, -0.25) is 5.32 Å². The van der Waals surface area contributed by atoms with Crippen molar-refractivity contribution < 1.29 is 9.53 Å². The Morgan fingerprint density at radius 2 is 2.21 bits per heavy atom. The topological polar surface area (TPSA) is 38.3 Å². The zero-order chi connectivity index (χ0) is 10.4. The van der Waals surface area contributed by atoms with Crippen LogP contribution in [0.3, 0.4) is 0 Å². The molecule has 14 heavy (non-hydrogen) atoms. The molecule has 0 aliphatic rings. The molecule has 1 aromatic rings. The molecule has 0 radical (unpaired) electrons. The van der Waals surface area contributed by atoms with Crippen molar-refractivity contribution in [1.82, 2.24) is 0 Å². The first kappa shape index (κ1) is 11.3. The molecule has 0 saturated heterocycles. The number of amides is 1. The maximum absolute atomic E-state index is 11.1. The van der Waals surface area contributed by atoms with Crippen molar-refractivity contribution in [3.05, 3.63) is 29.3 Å². The third kappa shape index (κ3) is 3.55. The van der Waals surface area contributed by atoms with Gasteiger partial charge in [-0.05, 0) is 12.1 Å². The number of benzene rings is 1. The zero-order valence-corrected chi connectivity index (χ0v) is 9.64. The summed E-state index contributed by atoms with van der Waals surface area (Å²) in [5.74, 6) is 0. The molecular weight excluding hydrogens is 269 g/mol. The molecule has 1 rings (SSSR count). The third-order valence-electron chi connectivity index (χ3n) is 1.42. The van der Waals surface area contributed by atoms with Crippen molar-refractivity contribution in [3.63, 3.8) is 0 Å². The average molecular weight is 279 g/mol. The highest BCUT2D eigenvalue weighted by atomic mass is 79.9. The summed E-state index contributed by atoms with van der Waals surface area (Å²) in [7, 11) is 0. The van der Waals surface area contributed by atoms with E-state index in [0.29, 0.717) is 22.6 Å². The van der Waals surface area contributed by atoms with Crippen molar-refractivity contribution in [3.8, 4) is 0 Å². The number of alkyl halides is 1. The Kier molecular flexibility index (Phi) is 4.76. The fourth-order valence-electron chi connectivity index (χ4n) is 0.840. The second-order valence-electron chi connectivity index (χ2n) is 2.43. The van der Waals surface area contributed by atoms with Gasteiger partial charge < -0.3 is 4.74 Å². The molecule has 0 heterocycles. The van der Waals surface area contributed by atoms with Crippen LogP contribution in [0.1, 0.15) is 0 Å². The van der Waals surface area contributed by atoms with Gasteiger partial charge >= 0.3 is 6.09 Å². The molecule has 0 fully saturated rings. The fourth-order valence-corrected chi connectivity index (χ4v) is 1.18. The van der Waals surface area contributed by atoms with Gasteiger partial charge in [0.1, 0.15) is 6.61 Å². The number of hydrogen-bond donors (Lipinski definition) is 1. The highest BCUT2D eigenvalue weighted by molar-refractivity contribution is 9.09. The monoisotopic (exact) mass is 277 g/mol. The Morgan fingerprint density at radius 3 is 2.86 bits per heavy atom. The molecule has 0 spiro atoms. The number of hydrogen-bond acceptors (Lipinski definition) is 2. The van der Waals surface area contributed by atoms with Crippen LogP contribution in [0.4, 0.5) is 10.5 Å². The van der Waals surface area contributed by atoms with Crippen molar-refractivity contribution in [2.75, 3.05) is 17.3 Å². The van der Waals surface area contributed by atoms with Crippen LogP contribution in [-0.2, 0) is 4.74 Å². The molecule has 0 saturated carbocycles. The normalized spacial score (nSPS) is 9.57. The number of rotatable bonds is 3. The van der Waals surface area contributed by atoms with Crippen LogP contribution < -0.4 is 5.32 Å². The van der Waals surface area contributed by atoms with E-state index in [1.54, 1.807) is 24.3 Å². The maximum Gasteiger partial charge on any atom is 0.411 e. The molecule has 0 aliphatic heterocycles. The predicted molar refractivity (Wildman–Crippen MR) is 60.2 cm³/mol. The van der Waals surface area contributed by atoms with Gasteiger partial charge in [0.15, 0.2) is 0 Å². The van der Waals surface area contributed by atoms with Crippen LogP contribution in [-0.4, -0.2) is 18.0 Å². The second kappa shape index (κ2) is 5.88. The van der Waals surface area contributed by atoms with Crippen molar-refractivity contribution in [2.45, 2.75) is 0 Å². The lowest BCUT2D eigenvalue weighted by Crippen LogP contribution is -2.14. The third-order valence-corrected chi connectivity index (χ3v) is 2.07. The standard InChI is InChI=1S/C9H9BrClNO2/c10-5-6-14-9(13)12-8-4-2-1-3-7(8)11/h1-4H,5-6H2,(H,12,13). The molecule has 0 aliphatic carbocycles. The van der Waals surface area contributed by atoms with Crippen LogP contribution in [0.5, 0.6) is 0 Å². The van der Waals surface area contributed by atoms with Gasteiger partial charge in [0.05, 0.1) is 10.7 Å². The first-order chi connectivity index (χ1) is 6.74. The summed E-state index contributed by atoms with van der Waals surface area (Å²) in [6.45, 7) is 0.330. The number of carbonyl (C=O) groups is 1. The minimum Gasteiger partial charge on any atom is -0.448 e. The van der Waals surface area contributed by atoms with Crippen LogP contribution in [0.2, 0.25) is 5.02 Å². The number of para-hydroxylation sites is 1. The van der Waals surface area contributed by atoms with Gasteiger partial charge in [0.25, 0.3) is 0 Å². The highest BCUT2D eigenvalue weighted by Crippen LogP contribution is 2.20. The summed E-state index contributed by atoms with van der Waals surface area (Å²) in [5.41, 5.74) is 0.550. The predicted octanol–water partition coefficient (Wildman–Crippen LogP) is 3.28. The van der Waals surface area contributed by atoms with E-state index in [2.05, 4.69) is 21.2 Å². The minimum absolute atomic E-state index is 0.330. The summed E-state index contributed by atoms with van der Waals surface area (Å²) in [6.07, 6.45) is -0.502. The number of anilines is 1. The molecule has 0 aromatic heterocycles. The van der Waals surface area contributed by atoms with Gasteiger partial charge in [0.2, 0.25) is 0 Å². The highest BCUT2D eigenvalue weighted by Gasteiger charge is 2.04. The molecular formula is C9H9BrClNO2. The molecule has 1 N–H and O–H groups in total.